The van der Waals surface area contributed by atoms with Gasteiger partial charge < -0.3 is 14.2 Å². The molecule has 0 aliphatic carbocycles. The molecule has 0 aliphatic rings. The van der Waals surface area contributed by atoms with Crippen LogP contribution in [0.25, 0.3) is 0 Å². The normalized spacial score (nSPS) is 10.1. The number of carbonyl (C=O) groups excluding carboxylic acids is 2. The van der Waals surface area contributed by atoms with Crippen molar-refractivity contribution in [1.29, 1.82) is 0 Å². The lowest BCUT2D eigenvalue weighted by molar-refractivity contribution is -0.123. The molecule has 2 rings (SSSR count). The maximum Gasteiger partial charge on any atom is 0.276 e. The molecule has 0 saturated carbocycles. The predicted molar refractivity (Wildman–Crippen MR) is 102 cm³/mol. The first-order valence-corrected chi connectivity index (χ1v) is 8.43. The highest BCUT2D eigenvalue weighted by Gasteiger charge is 2.12. The van der Waals surface area contributed by atoms with Crippen LogP contribution >= 0.6 is 11.6 Å². The molecule has 0 spiro atoms. The van der Waals surface area contributed by atoms with Gasteiger partial charge in [-0.2, -0.15) is 0 Å². The number of hydrogen-bond donors (Lipinski definition) is 2. The fourth-order valence-corrected chi connectivity index (χ4v) is 2.76. The summed E-state index contributed by atoms with van der Waals surface area (Å²) in [6.07, 6.45) is 0. The molecule has 0 aromatic heterocycles. The Morgan fingerprint density at radius 3 is 2.00 bits per heavy atom. The van der Waals surface area contributed by atoms with Gasteiger partial charge >= 0.3 is 0 Å². The molecule has 2 aromatic rings. The second kappa shape index (κ2) is 9.14. The van der Waals surface area contributed by atoms with E-state index in [1.54, 1.807) is 18.2 Å². The van der Waals surface area contributed by atoms with Crippen LogP contribution in [0, 0.1) is 13.8 Å². The van der Waals surface area contributed by atoms with E-state index in [1.807, 2.05) is 13.8 Å². The van der Waals surface area contributed by atoms with E-state index in [-0.39, 0.29) is 12.2 Å². The van der Waals surface area contributed by atoms with E-state index < -0.39 is 11.8 Å². The first-order valence-electron chi connectivity index (χ1n) is 8.06. The van der Waals surface area contributed by atoms with Crippen LogP contribution in [0.4, 0.5) is 0 Å². The molecule has 0 heterocycles. The highest BCUT2D eigenvalue weighted by atomic mass is 35.5. The van der Waals surface area contributed by atoms with Crippen molar-refractivity contribution in [2.75, 3.05) is 20.8 Å². The molecule has 0 aliphatic heterocycles. The highest BCUT2D eigenvalue weighted by molar-refractivity contribution is 6.30. The Morgan fingerprint density at radius 2 is 1.48 bits per heavy atom. The molecule has 0 atom stereocenters. The van der Waals surface area contributed by atoms with Gasteiger partial charge in [0.15, 0.2) is 6.61 Å². The molecule has 144 valence electrons. The first-order chi connectivity index (χ1) is 12.8. The summed E-state index contributed by atoms with van der Waals surface area (Å²) in [4.78, 5) is 24.2. The Hall–Kier alpha value is -2.93. The van der Waals surface area contributed by atoms with Crippen molar-refractivity contribution < 1.29 is 23.8 Å². The van der Waals surface area contributed by atoms with Crippen LogP contribution in [-0.4, -0.2) is 32.6 Å². The molecule has 0 radical (unpaired) electrons. The summed E-state index contributed by atoms with van der Waals surface area (Å²) in [5, 5.41) is 0.600. The lowest BCUT2D eigenvalue weighted by Gasteiger charge is -2.13. The zero-order valence-corrected chi connectivity index (χ0v) is 16.3. The van der Waals surface area contributed by atoms with E-state index in [0.29, 0.717) is 22.3 Å². The van der Waals surface area contributed by atoms with Gasteiger partial charge in [-0.15, -0.1) is 0 Å². The van der Waals surface area contributed by atoms with Crippen LogP contribution < -0.4 is 25.1 Å². The van der Waals surface area contributed by atoms with Crippen LogP contribution in [0.1, 0.15) is 21.5 Å². The second-order valence-electron chi connectivity index (χ2n) is 5.76. The number of amides is 2. The summed E-state index contributed by atoms with van der Waals surface area (Å²) in [5.74, 6) is 0.482. The Bertz CT molecular complexity index is 809. The van der Waals surface area contributed by atoms with Crippen molar-refractivity contribution in [1.82, 2.24) is 10.9 Å². The molecule has 8 heteroatoms. The van der Waals surface area contributed by atoms with Crippen LogP contribution in [-0.2, 0) is 4.79 Å². The smallest absolute Gasteiger partial charge is 0.276 e. The Morgan fingerprint density at radius 1 is 0.926 bits per heavy atom. The molecule has 0 bridgehead atoms. The fraction of sp³-hybridized carbons (Fsp3) is 0.263. The molecule has 2 amide bonds. The summed E-state index contributed by atoms with van der Waals surface area (Å²) >= 11 is 5.97. The number of halogens is 1. The van der Waals surface area contributed by atoms with E-state index >= 15 is 0 Å². The molecule has 7 nitrogen and oxygen atoms in total. The maximum absolute atomic E-state index is 12.2. The van der Waals surface area contributed by atoms with E-state index in [4.69, 9.17) is 25.8 Å². The van der Waals surface area contributed by atoms with Crippen LogP contribution in [0.2, 0.25) is 5.02 Å². The number of hydrogen-bond acceptors (Lipinski definition) is 5. The fourth-order valence-electron chi connectivity index (χ4n) is 2.44. The molecule has 2 aromatic carbocycles. The SMILES string of the molecule is COc1cc(OC)cc(C(=O)NNC(=O)COc2c(C)cc(Cl)cc2C)c1. The van der Waals surface area contributed by atoms with Crippen molar-refractivity contribution >= 4 is 23.4 Å². The van der Waals surface area contributed by atoms with Crippen LogP contribution in [0.5, 0.6) is 17.2 Å². The van der Waals surface area contributed by atoms with Gasteiger partial charge in [0.1, 0.15) is 17.2 Å². The van der Waals surface area contributed by atoms with Crippen molar-refractivity contribution in [2.24, 2.45) is 0 Å². The summed E-state index contributed by atoms with van der Waals surface area (Å²) in [6, 6.07) is 8.20. The topological polar surface area (TPSA) is 85.9 Å². The van der Waals surface area contributed by atoms with Crippen molar-refractivity contribution in [3.63, 3.8) is 0 Å². The second-order valence-corrected chi connectivity index (χ2v) is 6.20. The Balaban J connectivity index is 1.93. The summed E-state index contributed by atoms with van der Waals surface area (Å²) in [6.45, 7) is 3.42. The van der Waals surface area contributed by atoms with Gasteiger partial charge in [-0.3, -0.25) is 20.4 Å². The zero-order valence-electron chi connectivity index (χ0n) is 15.5. The zero-order chi connectivity index (χ0) is 20.0. The minimum Gasteiger partial charge on any atom is -0.497 e. The number of rotatable bonds is 6. The standard InChI is InChI=1S/C19H21ClN2O5/c1-11-5-14(20)6-12(2)18(11)27-10-17(23)21-22-19(24)13-7-15(25-3)9-16(8-13)26-4/h5-9H,10H2,1-4H3,(H,21,23)(H,22,24). The monoisotopic (exact) mass is 392 g/mol. The number of hydrazine groups is 1. The van der Waals surface area contributed by atoms with Gasteiger partial charge in [-0.1, -0.05) is 11.6 Å². The molecule has 0 fully saturated rings. The lowest BCUT2D eigenvalue weighted by atomic mass is 10.1. The molecular formula is C19H21ClN2O5. The summed E-state index contributed by atoms with van der Waals surface area (Å²) in [7, 11) is 2.96. The van der Waals surface area contributed by atoms with Gasteiger partial charge in [-0.25, -0.2) is 0 Å². The number of methoxy groups -OCH3 is 2. The first kappa shape index (κ1) is 20.4. The van der Waals surface area contributed by atoms with Crippen molar-refractivity contribution in [3.05, 3.63) is 52.0 Å². The molecular weight excluding hydrogens is 372 g/mol. The summed E-state index contributed by atoms with van der Waals surface area (Å²) in [5.41, 5.74) is 6.54. The largest absolute Gasteiger partial charge is 0.497 e. The summed E-state index contributed by atoms with van der Waals surface area (Å²) < 4.78 is 15.8. The van der Waals surface area contributed by atoms with E-state index in [9.17, 15) is 9.59 Å². The van der Waals surface area contributed by atoms with Crippen molar-refractivity contribution in [3.8, 4) is 17.2 Å². The van der Waals surface area contributed by atoms with Gasteiger partial charge in [0, 0.05) is 16.7 Å². The number of ether oxygens (including phenoxy) is 3. The minimum absolute atomic E-state index is 0.259. The molecule has 0 saturated heterocycles. The highest BCUT2D eigenvalue weighted by Crippen LogP contribution is 2.27. The molecule has 0 unspecified atom stereocenters. The number of benzene rings is 2. The number of nitrogens with one attached hydrogen (secondary N) is 2. The molecule has 27 heavy (non-hydrogen) atoms. The number of aryl methyl sites for hydroxylation is 2. The lowest BCUT2D eigenvalue weighted by Crippen LogP contribution is -2.43. The predicted octanol–water partition coefficient (Wildman–Crippen LogP) is 2.81. The van der Waals surface area contributed by atoms with E-state index in [2.05, 4.69) is 10.9 Å². The quantitative estimate of drug-likeness (QED) is 0.738. The van der Waals surface area contributed by atoms with Gasteiger partial charge in [0.05, 0.1) is 14.2 Å². The Labute approximate surface area is 162 Å². The maximum atomic E-state index is 12.2. The van der Waals surface area contributed by atoms with Gasteiger partial charge in [0.25, 0.3) is 11.8 Å². The third-order valence-corrected chi connectivity index (χ3v) is 3.92. The third-order valence-electron chi connectivity index (χ3n) is 3.70. The minimum atomic E-state index is -0.514. The van der Waals surface area contributed by atoms with Gasteiger partial charge in [-0.05, 0) is 49.2 Å². The average molecular weight is 393 g/mol. The van der Waals surface area contributed by atoms with Crippen molar-refractivity contribution in [2.45, 2.75) is 13.8 Å². The third kappa shape index (κ3) is 5.52. The number of carbonyl (C=O) groups is 2. The van der Waals surface area contributed by atoms with E-state index in [0.717, 1.165) is 11.1 Å². The van der Waals surface area contributed by atoms with Gasteiger partial charge in [0.2, 0.25) is 0 Å². The van der Waals surface area contributed by atoms with Crippen LogP contribution in [0.3, 0.4) is 0 Å². The van der Waals surface area contributed by atoms with Crippen LogP contribution in [0.15, 0.2) is 30.3 Å². The Kier molecular flexibility index (Phi) is 6.90. The van der Waals surface area contributed by atoms with E-state index in [1.165, 1.54) is 26.4 Å². The molecule has 2 N–H and O–H groups in total. The average Bonchev–Trinajstić information content (AvgIpc) is 2.64.